The van der Waals surface area contributed by atoms with Crippen LogP contribution in [-0.2, 0) is 4.74 Å². The predicted molar refractivity (Wildman–Crippen MR) is 66.2 cm³/mol. The molecule has 0 atom stereocenters. The number of benzene rings is 1. The van der Waals surface area contributed by atoms with Gasteiger partial charge in [-0.25, -0.2) is 9.78 Å². The van der Waals surface area contributed by atoms with Crippen LogP contribution in [0.25, 0.3) is 11.3 Å². The fourth-order valence-electron chi connectivity index (χ4n) is 1.74. The fourth-order valence-corrected chi connectivity index (χ4v) is 1.74. The molecule has 0 spiro atoms. The molecule has 0 aliphatic carbocycles. The molecule has 2 N–H and O–H groups in total. The second kappa shape index (κ2) is 4.52. The maximum absolute atomic E-state index is 11.1. The number of nitrogens with one attached hydrogen (secondary N) is 2. The largest absolute Gasteiger partial charge is 0.454 e. The highest BCUT2D eigenvalue weighted by atomic mass is 16.7. The summed E-state index contributed by atoms with van der Waals surface area (Å²) in [6, 6.07) is 5.55. The third-order valence-corrected chi connectivity index (χ3v) is 2.67. The number of rotatable bonds is 2. The van der Waals surface area contributed by atoms with Crippen LogP contribution >= 0.6 is 0 Å². The van der Waals surface area contributed by atoms with Gasteiger partial charge in [0.1, 0.15) is 0 Å². The Morgan fingerprint density at radius 1 is 1.42 bits per heavy atom. The van der Waals surface area contributed by atoms with E-state index in [0.29, 0.717) is 11.7 Å². The highest BCUT2D eigenvalue weighted by molar-refractivity contribution is 5.82. The molecule has 2 heterocycles. The first-order valence-electron chi connectivity index (χ1n) is 5.56. The van der Waals surface area contributed by atoms with Gasteiger partial charge in [0.25, 0.3) is 0 Å². The van der Waals surface area contributed by atoms with Crippen LogP contribution in [0.4, 0.5) is 10.7 Å². The van der Waals surface area contributed by atoms with E-state index in [1.807, 2.05) is 18.2 Å². The molecule has 3 rings (SSSR count). The third-order valence-electron chi connectivity index (χ3n) is 2.67. The number of H-pyrrole nitrogens is 1. The lowest BCUT2D eigenvalue weighted by Crippen LogP contribution is -2.11. The molecule has 0 saturated heterocycles. The fraction of sp³-hybridized carbons (Fsp3) is 0.167. The van der Waals surface area contributed by atoms with Crippen molar-refractivity contribution in [2.45, 2.75) is 0 Å². The number of hydrogen-bond donors (Lipinski definition) is 2. The van der Waals surface area contributed by atoms with Gasteiger partial charge in [0.05, 0.1) is 19.0 Å². The van der Waals surface area contributed by atoms with Gasteiger partial charge < -0.3 is 19.2 Å². The summed E-state index contributed by atoms with van der Waals surface area (Å²) in [5, 5.41) is 2.45. The Morgan fingerprint density at radius 3 is 3.11 bits per heavy atom. The van der Waals surface area contributed by atoms with Gasteiger partial charge in [-0.05, 0) is 18.2 Å². The molecule has 1 aliphatic rings. The maximum atomic E-state index is 11.1. The lowest BCUT2D eigenvalue weighted by atomic mass is 10.1. The third kappa shape index (κ3) is 2.17. The van der Waals surface area contributed by atoms with Crippen molar-refractivity contribution in [2.75, 3.05) is 19.2 Å². The Morgan fingerprint density at radius 2 is 2.26 bits per heavy atom. The van der Waals surface area contributed by atoms with Crippen molar-refractivity contribution in [3.05, 3.63) is 24.4 Å². The van der Waals surface area contributed by atoms with Gasteiger partial charge in [-0.1, -0.05) is 0 Å². The lowest BCUT2D eigenvalue weighted by molar-refractivity contribution is 0.174. The highest BCUT2D eigenvalue weighted by Crippen LogP contribution is 2.35. The molecule has 1 aliphatic heterocycles. The van der Waals surface area contributed by atoms with Crippen molar-refractivity contribution in [3.63, 3.8) is 0 Å². The van der Waals surface area contributed by atoms with Gasteiger partial charge in [0.2, 0.25) is 12.7 Å². The van der Waals surface area contributed by atoms with E-state index in [9.17, 15) is 4.79 Å². The van der Waals surface area contributed by atoms with E-state index in [-0.39, 0.29) is 6.79 Å². The highest BCUT2D eigenvalue weighted by Gasteiger charge is 2.15. The number of carbonyl (C=O) groups is 1. The Bertz CT molecular complexity index is 623. The second-order valence-corrected chi connectivity index (χ2v) is 3.83. The first-order chi connectivity index (χ1) is 9.26. The van der Waals surface area contributed by atoms with Gasteiger partial charge in [0, 0.05) is 5.56 Å². The normalized spacial score (nSPS) is 12.3. The van der Waals surface area contributed by atoms with Crippen LogP contribution in [0.3, 0.4) is 0 Å². The lowest BCUT2D eigenvalue weighted by Gasteiger charge is -2.01. The molecule has 0 radical (unpaired) electrons. The van der Waals surface area contributed by atoms with E-state index < -0.39 is 6.09 Å². The van der Waals surface area contributed by atoms with E-state index in [0.717, 1.165) is 17.0 Å². The standard InChI is InChI=1S/C12H11N3O4/c1-17-12(16)15-11-13-5-8(14-11)7-2-3-9-10(4-7)19-6-18-9/h2-5H,6H2,1H3,(H2,13,14,15,16). The number of carbonyl (C=O) groups excluding carboxylic acids is 1. The average Bonchev–Trinajstić information content (AvgIpc) is 3.05. The Balaban J connectivity index is 1.84. The summed E-state index contributed by atoms with van der Waals surface area (Å²) < 4.78 is 15.0. The topological polar surface area (TPSA) is 85.5 Å². The van der Waals surface area contributed by atoms with Gasteiger partial charge in [-0.15, -0.1) is 0 Å². The molecule has 0 bridgehead atoms. The minimum absolute atomic E-state index is 0.233. The van der Waals surface area contributed by atoms with Crippen LogP contribution in [0, 0.1) is 0 Å². The van der Waals surface area contributed by atoms with E-state index in [1.54, 1.807) is 6.20 Å². The summed E-state index contributed by atoms with van der Waals surface area (Å²) in [6.45, 7) is 0.233. The summed E-state index contributed by atoms with van der Waals surface area (Å²) in [4.78, 5) is 18.1. The summed E-state index contributed by atoms with van der Waals surface area (Å²) >= 11 is 0. The minimum atomic E-state index is -0.577. The molecular weight excluding hydrogens is 250 g/mol. The average molecular weight is 261 g/mol. The number of imidazole rings is 1. The molecule has 7 heteroatoms. The zero-order valence-corrected chi connectivity index (χ0v) is 10.1. The molecule has 98 valence electrons. The molecule has 0 fully saturated rings. The molecular formula is C12H11N3O4. The Labute approximate surface area is 108 Å². The molecule has 7 nitrogen and oxygen atoms in total. The summed E-state index contributed by atoms with van der Waals surface area (Å²) in [5.41, 5.74) is 1.64. The molecule has 19 heavy (non-hydrogen) atoms. The number of aromatic amines is 1. The number of methoxy groups -OCH3 is 1. The van der Waals surface area contributed by atoms with Crippen LogP contribution in [0.5, 0.6) is 11.5 Å². The Kier molecular flexibility index (Phi) is 2.71. The summed E-state index contributed by atoms with van der Waals surface area (Å²) in [5.74, 6) is 1.73. The van der Waals surface area contributed by atoms with Crippen LogP contribution in [0.1, 0.15) is 0 Å². The zero-order valence-electron chi connectivity index (χ0n) is 10.1. The SMILES string of the molecule is COC(=O)Nc1ncc(-c2ccc3c(c2)OCO3)[nH]1. The van der Waals surface area contributed by atoms with Crippen molar-refractivity contribution in [1.29, 1.82) is 0 Å². The first-order valence-corrected chi connectivity index (χ1v) is 5.56. The molecule has 1 aromatic carbocycles. The predicted octanol–water partition coefficient (Wildman–Crippen LogP) is 1.98. The smallest absolute Gasteiger partial charge is 0.413 e. The van der Waals surface area contributed by atoms with Gasteiger partial charge >= 0.3 is 6.09 Å². The number of ether oxygens (including phenoxy) is 3. The molecule has 0 unspecified atom stereocenters. The quantitative estimate of drug-likeness (QED) is 0.863. The van der Waals surface area contributed by atoms with Crippen molar-refractivity contribution >= 4 is 12.0 Å². The van der Waals surface area contributed by atoms with E-state index in [1.165, 1.54) is 7.11 Å². The maximum Gasteiger partial charge on any atom is 0.413 e. The summed E-state index contributed by atoms with van der Waals surface area (Å²) in [6.07, 6.45) is 1.04. The number of amides is 1. The van der Waals surface area contributed by atoms with Crippen molar-refractivity contribution in [2.24, 2.45) is 0 Å². The minimum Gasteiger partial charge on any atom is -0.454 e. The number of aromatic nitrogens is 2. The zero-order chi connectivity index (χ0) is 13.2. The van der Waals surface area contributed by atoms with Crippen LogP contribution in [-0.4, -0.2) is 30.0 Å². The van der Waals surface area contributed by atoms with Crippen molar-refractivity contribution < 1.29 is 19.0 Å². The van der Waals surface area contributed by atoms with Gasteiger partial charge in [-0.3, -0.25) is 5.32 Å². The van der Waals surface area contributed by atoms with Gasteiger partial charge in [-0.2, -0.15) is 0 Å². The van der Waals surface area contributed by atoms with Crippen LogP contribution < -0.4 is 14.8 Å². The van der Waals surface area contributed by atoms with E-state index >= 15 is 0 Å². The monoisotopic (exact) mass is 261 g/mol. The van der Waals surface area contributed by atoms with E-state index in [4.69, 9.17) is 9.47 Å². The second-order valence-electron chi connectivity index (χ2n) is 3.83. The van der Waals surface area contributed by atoms with Crippen LogP contribution in [0.15, 0.2) is 24.4 Å². The number of anilines is 1. The van der Waals surface area contributed by atoms with E-state index in [2.05, 4.69) is 20.0 Å². The summed E-state index contributed by atoms with van der Waals surface area (Å²) in [7, 11) is 1.29. The van der Waals surface area contributed by atoms with Crippen molar-refractivity contribution in [1.82, 2.24) is 9.97 Å². The molecule has 1 amide bonds. The molecule has 2 aromatic rings. The van der Waals surface area contributed by atoms with Gasteiger partial charge in [0.15, 0.2) is 11.5 Å². The first kappa shape index (κ1) is 11.4. The molecule has 1 aromatic heterocycles. The van der Waals surface area contributed by atoms with Crippen LogP contribution in [0.2, 0.25) is 0 Å². The number of fused-ring (bicyclic) bond motifs is 1. The number of hydrogen-bond acceptors (Lipinski definition) is 5. The molecule has 0 saturated carbocycles. The Hall–Kier alpha value is -2.70. The van der Waals surface area contributed by atoms with Crippen molar-refractivity contribution in [3.8, 4) is 22.8 Å². The number of nitrogens with zero attached hydrogens (tertiary/aromatic N) is 1.